The number of aromatic nitrogens is 1. The molecule has 0 saturated carbocycles. The molecule has 1 N–H and O–H groups in total. The fraction of sp³-hybridized carbons (Fsp3) is 0. The van der Waals surface area contributed by atoms with Gasteiger partial charge in [-0.1, -0.05) is 11.6 Å². The van der Waals surface area contributed by atoms with Crippen LogP contribution in [0.15, 0.2) is 24.4 Å². The molecular weight excluding hydrogens is 272 g/mol. The zero-order valence-electron chi connectivity index (χ0n) is 5.57. The van der Waals surface area contributed by atoms with Crippen LogP contribution in [0.4, 0.5) is 0 Å². The first-order valence-corrected chi connectivity index (χ1v) is 4.65. The molecule has 1 nitrogen and oxygen atoms in total. The predicted octanol–water partition coefficient (Wildman–Crippen LogP) is 3.43. The van der Waals surface area contributed by atoms with Crippen molar-refractivity contribution in [3.63, 3.8) is 0 Å². The quantitative estimate of drug-likeness (QED) is 0.710. The van der Waals surface area contributed by atoms with E-state index in [1.165, 1.54) is 3.57 Å². The van der Waals surface area contributed by atoms with E-state index in [1.54, 1.807) is 0 Å². The summed E-state index contributed by atoms with van der Waals surface area (Å²) in [5, 5.41) is 1.89. The Morgan fingerprint density at radius 3 is 3.00 bits per heavy atom. The summed E-state index contributed by atoms with van der Waals surface area (Å²) in [7, 11) is 0. The van der Waals surface area contributed by atoms with Crippen LogP contribution in [0.3, 0.4) is 0 Å². The third-order valence-corrected chi connectivity index (χ3v) is 2.58. The van der Waals surface area contributed by atoms with Gasteiger partial charge in [0.2, 0.25) is 0 Å². The Bertz CT molecular complexity index is 394. The number of hydrogen-bond donors (Lipinski definition) is 1. The molecule has 56 valence electrons. The molecule has 3 heteroatoms. The van der Waals surface area contributed by atoms with E-state index < -0.39 is 0 Å². The van der Waals surface area contributed by atoms with Gasteiger partial charge in [-0.05, 0) is 40.8 Å². The molecule has 1 aromatic carbocycles. The molecule has 11 heavy (non-hydrogen) atoms. The van der Waals surface area contributed by atoms with Crippen LogP contribution in [0.25, 0.3) is 10.9 Å². The number of H-pyrrole nitrogens is 1. The minimum atomic E-state index is 0.790. The summed E-state index contributed by atoms with van der Waals surface area (Å²) in [4.78, 5) is 3.08. The fourth-order valence-corrected chi connectivity index (χ4v) is 1.76. The van der Waals surface area contributed by atoms with Gasteiger partial charge in [0.1, 0.15) is 0 Å². The van der Waals surface area contributed by atoms with Crippen LogP contribution < -0.4 is 0 Å². The van der Waals surface area contributed by atoms with Crippen LogP contribution in [0.5, 0.6) is 0 Å². The maximum atomic E-state index is 5.91. The molecule has 0 aliphatic heterocycles. The van der Waals surface area contributed by atoms with Crippen molar-refractivity contribution in [1.29, 1.82) is 0 Å². The number of rotatable bonds is 0. The molecule has 0 atom stereocenters. The van der Waals surface area contributed by atoms with Gasteiger partial charge in [0.25, 0.3) is 0 Å². The van der Waals surface area contributed by atoms with E-state index in [-0.39, 0.29) is 0 Å². The first-order chi connectivity index (χ1) is 5.27. The third-order valence-electron chi connectivity index (χ3n) is 1.59. The molecule has 0 spiro atoms. The summed E-state index contributed by atoms with van der Waals surface area (Å²) in [6.07, 6.45) is 1.81. The Kier molecular flexibility index (Phi) is 1.81. The second-order valence-electron chi connectivity index (χ2n) is 2.33. The highest BCUT2D eigenvalue weighted by Gasteiger charge is 1.99. The average molecular weight is 277 g/mol. The van der Waals surface area contributed by atoms with Crippen molar-refractivity contribution in [2.24, 2.45) is 0 Å². The van der Waals surface area contributed by atoms with Gasteiger partial charge in [-0.25, -0.2) is 0 Å². The number of nitrogens with one attached hydrogen (secondary N) is 1. The van der Waals surface area contributed by atoms with E-state index >= 15 is 0 Å². The van der Waals surface area contributed by atoms with Crippen molar-refractivity contribution in [3.05, 3.63) is 33.0 Å². The van der Waals surface area contributed by atoms with E-state index in [9.17, 15) is 0 Å². The SMILES string of the molecule is Clc1c[nH]c2ccc(I)cc12. The van der Waals surface area contributed by atoms with Crippen molar-refractivity contribution in [2.75, 3.05) is 0 Å². The number of halogens is 2. The Labute approximate surface area is 82.9 Å². The van der Waals surface area contributed by atoms with Crippen molar-refractivity contribution >= 4 is 45.1 Å². The summed E-state index contributed by atoms with van der Waals surface area (Å²) in [6.45, 7) is 0. The van der Waals surface area contributed by atoms with Crippen LogP contribution in [-0.2, 0) is 0 Å². The first-order valence-electron chi connectivity index (χ1n) is 3.19. The monoisotopic (exact) mass is 277 g/mol. The summed E-state index contributed by atoms with van der Waals surface area (Å²) in [5.74, 6) is 0. The smallest absolute Gasteiger partial charge is 0.0659 e. The van der Waals surface area contributed by atoms with E-state index in [0.29, 0.717) is 0 Å². The lowest BCUT2D eigenvalue weighted by atomic mass is 10.2. The van der Waals surface area contributed by atoms with E-state index in [1.807, 2.05) is 12.3 Å². The van der Waals surface area contributed by atoms with Crippen molar-refractivity contribution in [2.45, 2.75) is 0 Å². The standard InChI is InChI=1S/C8H5ClIN/c9-7-4-11-8-2-1-5(10)3-6(7)8/h1-4,11H. The van der Waals surface area contributed by atoms with Gasteiger partial charge in [-0.3, -0.25) is 0 Å². The summed E-state index contributed by atoms with van der Waals surface area (Å²) in [5.41, 5.74) is 1.09. The van der Waals surface area contributed by atoms with E-state index in [2.05, 4.69) is 39.7 Å². The Morgan fingerprint density at radius 1 is 1.36 bits per heavy atom. The zero-order valence-corrected chi connectivity index (χ0v) is 8.48. The van der Waals surface area contributed by atoms with Gasteiger partial charge in [0.05, 0.1) is 5.02 Å². The highest BCUT2D eigenvalue weighted by atomic mass is 127. The molecule has 1 heterocycles. The average Bonchev–Trinajstić information content (AvgIpc) is 2.33. The van der Waals surface area contributed by atoms with Crippen LogP contribution in [0.1, 0.15) is 0 Å². The second kappa shape index (κ2) is 2.68. The number of fused-ring (bicyclic) bond motifs is 1. The van der Waals surface area contributed by atoms with Gasteiger partial charge < -0.3 is 4.98 Å². The Hall–Kier alpha value is -0.220. The van der Waals surface area contributed by atoms with Gasteiger partial charge in [-0.15, -0.1) is 0 Å². The number of hydrogen-bond acceptors (Lipinski definition) is 0. The molecule has 0 saturated heterocycles. The van der Waals surface area contributed by atoms with Crippen LogP contribution in [0, 0.1) is 3.57 Å². The van der Waals surface area contributed by atoms with E-state index in [0.717, 1.165) is 15.9 Å². The van der Waals surface area contributed by atoms with Crippen molar-refractivity contribution in [1.82, 2.24) is 4.98 Å². The first kappa shape index (κ1) is 7.43. The summed E-state index contributed by atoms with van der Waals surface area (Å²) < 4.78 is 1.21. The minimum Gasteiger partial charge on any atom is -0.360 e. The second-order valence-corrected chi connectivity index (χ2v) is 3.98. The molecule has 2 aromatic rings. The van der Waals surface area contributed by atoms with Gasteiger partial charge in [0, 0.05) is 20.7 Å². The Balaban J connectivity index is 2.87. The highest BCUT2D eigenvalue weighted by Crippen LogP contribution is 2.24. The lowest BCUT2D eigenvalue weighted by Crippen LogP contribution is -1.69. The molecule has 0 radical (unpaired) electrons. The molecule has 0 fully saturated rings. The van der Waals surface area contributed by atoms with Crippen LogP contribution in [0.2, 0.25) is 5.02 Å². The molecule has 0 bridgehead atoms. The normalized spacial score (nSPS) is 10.7. The lowest BCUT2D eigenvalue weighted by Gasteiger charge is -1.90. The molecule has 0 amide bonds. The van der Waals surface area contributed by atoms with Crippen molar-refractivity contribution < 1.29 is 0 Å². The van der Waals surface area contributed by atoms with Gasteiger partial charge >= 0.3 is 0 Å². The molecule has 0 aliphatic carbocycles. The molecule has 0 aliphatic rings. The third kappa shape index (κ3) is 1.25. The van der Waals surface area contributed by atoms with Crippen LogP contribution in [-0.4, -0.2) is 4.98 Å². The minimum absolute atomic E-state index is 0.790. The maximum absolute atomic E-state index is 5.91. The topological polar surface area (TPSA) is 15.8 Å². The zero-order chi connectivity index (χ0) is 7.84. The number of benzene rings is 1. The fourth-order valence-electron chi connectivity index (χ4n) is 1.06. The largest absolute Gasteiger partial charge is 0.360 e. The predicted molar refractivity (Wildman–Crippen MR) is 56.0 cm³/mol. The van der Waals surface area contributed by atoms with Crippen LogP contribution >= 0.6 is 34.2 Å². The molecular formula is C8H5ClIN. The Morgan fingerprint density at radius 2 is 2.18 bits per heavy atom. The summed E-state index contributed by atoms with van der Waals surface area (Å²) >= 11 is 8.18. The van der Waals surface area contributed by atoms with Gasteiger partial charge in [-0.2, -0.15) is 0 Å². The molecule has 2 rings (SSSR count). The highest BCUT2D eigenvalue weighted by molar-refractivity contribution is 14.1. The lowest BCUT2D eigenvalue weighted by molar-refractivity contribution is 1.47. The molecule has 0 unspecified atom stereocenters. The molecule has 1 aromatic heterocycles. The summed E-state index contributed by atoms with van der Waals surface area (Å²) in [6, 6.07) is 6.15. The maximum Gasteiger partial charge on any atom is 0.0659 e. The number of aromatic amines is 1. The van der Waals surface area contributed by atoms with Crippen molar-refractivity contribution in [3.8, 4) is 0 Å². The van der Waals surface area contributed by atoms with E-state index in [4.69, 9.17) is 11.6 Å². The van der Waals surface area contributed by atoms with Gasteiger partial charge in [0.15, 0.2) is 0 Å².